The van der Waals surface area contributed by atoms with Gasteiger partial charge in [0.2, 0.25) is 0 Å². The molecule has 1 aliphatic carbocycles. The molecule has 1 unspecified atom stereocenters. The molecule has 448 valence electrons. The number of nitrogens with zero attached hydrogens (tertiary/aromatic N) is 3. The third-order valence-electron chi connectivity index (χ3n) is 18.9. The summed E-state index contributed by atoms with van der Waals surface area (Å²) in [6.07, 6.45) is 1.82. The highest BCUT2D eigenvalue weighted by molar-refractivity contribution is 5.62. The van der Waals surface area contributed by atoms with Crippen molar-refractivity contribution in [2.24, 2.45) is 22.7 Å². The molecular formula is C65H92N5O12+. The van der Waals surface area contributed by atoms with Crippen LogP contribution in [0.4, 0.5) is 11.4 Å². The molecule has 5 aliphatic rings. The fourth-order valence-corrected chi connectivity index (χ4v) is 14.0. The van der Waals surface area contributed by atoms with Gasteiger partial charge in [0.15, 0.2) is 18.3 Å². The molecule has 17 nitrogen and oxygen atoms in total. The first-order chi connectivity index (χ1) is 39.8. The van der Waals surface area contributed by atoms with E-state index < -0.39 is 5.60 Å². The number of hydrogen-bond acceptors (Lipinski definition) is 16. The Kier molecular flexibility index (Phi) is 21.4. The van der Waals surface area contributed by atoms with E-state index in [2.05, 4.69) is 115 Å². The maximum atomic E-state index is 13.0. The predicted molar refractivity (Wildman–Crippen MR) is 317 cm³/mol. The van der Waals surface area contributed by atoms with Crippen molar-refractivity contribution in [3.8, 4) is 29.1 Å². The molecule has 2 saturated heterocycles. The Morgan fingerprint density at radius 1 is 0.683 bits per heavy atom. The van der Waals surface area contributed by atoms with Gasteiger partial charge in [-0.3, -0.25) is 0 Å². The zero-order chi connectivity index (χ0) is 57.7. The topological polar surface area (TPSA) is 180 Å². The zero-order valence-corrected chi connectivity index (χ0v) is 49.9. The Morgan fingerprint density at radius 3 is 1.77 bits per heavy atom. The number of anilines is 2. The first-order valence-corrected chi connectivity index (χ1v) is 29.7. The average Bonchev–Trinajstić information content (AvgIpc) is 2.06. The zero-order valence-electron chi connectivity index (χ0n) is 49.9. The van der Waals surface area contributed by atoms with Crippen LogP contribution >= 0.6 is 0 Å². The van der Waals surface area contributed by atoms with Crippen LogP contribution in [0.2, 0.25) is 0 Å². The fraction of sp³-hybridized carbons (Fsp3) is 0.615. The Bertz CT molecular complexity index is 2670. The van der Waals surface area contributed by atoms with Crippen molar-refractivity contribution in [1.29, 1.82) is 5.26 Å². The molecule has 82 heavy (non-hydrogen) atoms. The summed E-state index contributed by atoms with van der Waals surface area (Å²) in [6.45, 7) is 19.7. The van der Waals surface area contributed by atoms with Gasteiger partial charge in [0.05, 0.1) is 95.3 Å². The van der Waals surface area contributed by atoms with Crippen molar-refractivity contribution in [3.05, 3.63) is 107 Å². The van der Waals surface area contributed by atoms with E-state index in [4.69, 9.17) is 52.1 Å². The second kappa shape index (κ2) is 28.6. The van der Waals surface area contributed by atoms with Gasteiger partial charge in [-0.1, -0.05) is 64.1 Å². The monoisotopic (exact) mass is 1130 g/mol. The lowest BCUT2D eigenvalue weighted by Gasteiger charge is -2.69. The normalized spacial score (nSPS) is 26.5. The molecular weight excluding hydrogens is 1040 g/mol. The molecule has 0 aromatic heterocycles. The number of hydrogen-bond donors (Lipinski definition) is 3. The summed E-state index contributed by atoms with van der Waals surface area (Å²) in [5, 5.41) is 29.5. The minimum Gasteiger partial charge on any atom is -0.497 e. The predicted octanol–water partition coefficient (Wildman–Crippen LogP) is 7.66. The summed E-state index contributed by atoms with van der Waals surface area (Å²) in [4.78, 5) is 4.77. The summed E-state index contributed by atoms with van der Waals surface area (Å²) >= 11 is 0. The summed E-state index contributed by atoms with van der Waals surface area (Å²) in [6, 6.07) is 31.2. The van der Waals surface area contributed by atoms with Crippen LogP contribution in [-0.2, 0) is 41.6 Å². The molecule has 4 aliphatic heterocycles. The molecule has 4 aromatic carbocycles. The van der Waals surface area contributed by atoms with E-state index in [9.17, 15) is 10.4 Å². The number of aliphatic hydroxyl groups is 3. The van der Waals surface area contributed by atoms with E-state index in [-0.39, 0.29) is 78.7 Å². The number of methoxy groups -OCH3 is 4. The van der Waals surface area contributed by atoms with Gasteiger partial charge in [0.1, 0.15) is 42.8 Å². The molecule has 0 radical (unpaired) electrons. The van der Waals surface area contributed by atoms with E-state index in [1.807, 2.05) is 24.3 Å². The third kappa shape index (κ3) is 14.0. The number of nitrogens with one attached hydrogen (secondary N) is 2. The smallest absolute Gasteiger partial charge is 0.177 e. The van der Waals surface area contributed by atoms with Crippen LogP contribution in [0, 0.1) is 34.0 Å². The number of ether oxygens (including phenoxy) is 11. The van der Waals surface area contributed by atoms with Crippen LogP contribution in [0.1, 0.15) is 81.0 Å². The maximum absolute atomic E-state index is 13.0. The summed E-state index contributed by atoms with van der Waals surface area (Å²) < 4.78 is 66.1. The lowest BCUT2D eigenvalue weighted by molar-refractivity contribution is -0.299. The Labute approximate surface area is 487 Å². The van der Waals surface area contributed by atoms with E-state index in [0.717, 1.165) is 102 Å². The largest absolute Gasteiger partial charge is 0.497 e. The van der Waals surface area contributed by atoms with Crippen LogP contribution in [0.3, 0.4) is 0 Å². The van der Waals surface area contributed by atoms with Gasteiger partial charge in [-0.25, -0.2) is 0 Å². The highest BCUT2D eigenvalue weighted by Crippen LogP contribution is 2.68. The van der Waals surface area contributed by atoms with E-state index in [1.165, 1.54) is 0 Å². The highest BCUT2D eigenvalue weighted by Gasteiger charge is 2.69. The molecule has 17 heteroatoms. The van der Waals surface area contributed by atoms with Gasteiger partial charge in [0, 0.05) is 78.6 Å². The standard InChI is InChI=1S/C65H91N5O12/c1-45-62(65(71,43-73-6)44-82-59-40-68-39-58(61(59)49-15-19-51(75-8)20-16-49)81-42-46-11-21-54-52(35-46)69(27-33-78-54)25-9-29-72-5)64(4,63(45,2)3)23-31-76-30-10-26-70-28-34-79-55-22-12-47(36-53(55)70)41-80-57-38-67-37-56(77-32-24-66)60(57)48-13-17-50(74-7)18-14-48/h11-22,35-36,45,56-62,67-68,71H,9-10,23,25-34,37-44H2,1-8H3/p+1/t45-,56-,57+,58+,59?,60+,61-,62-,64-,65-/m1/s1. The van der Waals surface area contributed by atoms with Gasteiger partial charge < -0.3 is 77.6 Å². The van der Waals surface area contributed by atoms with Crippen molar-refractivity contribution >= 4 is 11.4 Å². The maximum Gasteiger partial charge on any atom is 0.177 e. The van der Waals surface area contributed by atoms with Crippen LogP contribution < -0.4 is 39.4 Å². The van der Waals surface area contributed by atoms with E-state index in [0.29, 0.717) is 72.4 Å². The molecule has 0 amide bonds. The summed E-state index contributed by atoms with van der Waals surface area (Å²) in [7, 11) is 6.77. The van der Waals surface area contributed by atoms with Gasteiger partial charge in [0.25, 0.3) is 0 Å². The minimum atomic E-state index is -1.22. The van der Waals surface area contributed by atoms with E-state index in [1.54, 1.807) is 28.4 Å². The van der Waals surface area contributed by atoms with Crippen LogP contribution in [0.25, 0.3) is 0 Å². The molecule has 4 aromatic rings. The third-order valence-corrected chi connectivity index (χ3v) is 18.9. The number of nitriles is 1. The van der Waals surface area contributed by atoms with Crippen LogP contribution in [-0.4, -0.2) is 174 Å². The fourth-order valence-electron chi connectivity index (χ4n) is 14.0. The molecule has 3 fully saturated rings. The SMILES string of the molecule is COCCCN1CCOc2ccc(CO[C@H]3CNCC([OH+]C[C@](O)(COC)[C@@H]4[C@@H](C)C(C)(C)[C@]4(C)CCOCCCN4CCOc5ccc(CO[C@H]6CNC[C@@H](OCC#N)[C@@H]6c6ccc(OC)cc6)cc54)[C@@H]3c3ccc(OC)cc3)cc21. The van der Waals surface area contributed by atoms with Crippen LogP contribution in [0.15, 0.2) is 84.9 Å². The number of benzene rings is 4. The average molecular weight is 1140 g/mol. The second-order valence-corrected chi connectivity index (χ2v) is 23.8. The molecule has 1 saturated carbocycles. The first-order valence-electron chi connectivity index (χ1n) is 29.7. The quantitative estimate of drug-likeness (QED) is 0.0356. The Hall–Kier alpha value is -5.23. The van der Waals surface area contributed by atoms with Crippen molar-refractivity contribution < 1.29 is 57.2 Å². The number of fused-ring (bicyclic) bond motifs is 2. The summed E-state index contributed by atoms with van der Waals surface area (Å²) in [5.74, 6) is 3.33. The molecule has 9 rings (SSSR count). The van der Waals surface area contributed by atoms with Gasteiger partial charge >= 0.3 is 0 Å². The van der Waals surface area contributed by atoms with Gasteiger partial charge in [-0.05, 0) is 107 Å². The Morgan fingerprint density at radius 2 is 1.22 bits per heavy atom. The van der Waals surface area contributed by atoms with Crippen molar-refractivity contribution in [2.45, 2.75) is 102 Å². The lowest BCUT2D eigenvalue weighted by Crippen LogP contribution is -2.71. The minimum absolute atomic E-state index is 0.0158. The van der Waals surface area contributed by atoms with Crippen molar-refractivity contribution in [1.82, 2.24) is 10.6 Å². The van der Waals surface area contributed by atoms with Gasteiger partial charge in [-0.15, -0.1) is 0 Å². The molecule has 0 bridgehead atoms. The first kappa shape index (κ1) is 61.3. The van der Waals surface area contributed by atoms with Crippen molar-refractivity contribution in [3.63, 3.8) is 0 Å². The van der Waals surface area contributed by atoms with Gasteiger partial charge in [-0.2, -0.15) is 5.26 Å². The molecule has 0 spiro atoms. The molecule has 10 atom stereocenters. The molecule has 4 heterocycles. The van der Waals surface area contributed by atoms with Crippen LogP contribution in [0.5, 0.6) is 23.0 Å². The van der Waals surface area contributed by atoms with Crippen molar-refractivity contribution in [2.75, 3.05) is 143 Å². The van der Waals surface area contributed by atoms with E-state index >= 15 is 0 Å². The highest BCUT2D eigenvalue weighted by atomic mass is 16.5. The lowest BCUT2D eigenvalue weighted by atomic mass is 9.36. The number of piperidine rings is 2. The summed E-state index contributed by atoms with van der Waals surface area (Å²) in [5.41, 5.74) is 4.96. The Balaban J connectivity index is 0.806. The number of rotatable bonds is 29. The second-order valence-electron chi connectivity index (χ2n) is 23.8. The molecule has 4 N–H and O–H groups in total.